The molecule has 2 unspecified atom stereocenters. The number of carbonyl (C=O) groups excluding carboxylic acids is 1. The van der Waals surface area contributed by atoms with Crippen LogP contribution in [0.4, 0.5) is 0 Å². The summed E-state index contributed by atoms with van der Waals surface area (Å²) in [5.74, 6) is 1.86. The zero-order valence-corrected chi connectivity index (χ0v) is 12.2. The molecular formula is C13H25NO2S. The number of carbonyl (C=O) groups is 1. The molecule has 0 aromatic rings. The molecule has 1 saturated carbocycles. The normalized spacial score (nSPS) is 28.6. The molecule has 0 bridgehead atoms. The quantitative estimate of drug-likeness (QED) is 0.744. The van der Waals surface area contributed by atoms with Gasteiger partial charge >= 0.3 is 5.97 Å². The molecule has 0 heterocycles. The van der Waals surface area contributed by atoms with E-state index in [9.17, 15) is 4.79 Å². The number of likely N-dealkylation sites (N-methyl/N-ethyl adjacent to an activating group) is 1. The summed E-state index contributed by atoms with van der Waals surface area (Å²) in [6, 6.07) is 0. The van der Waals surface area contributed by atoms with Crippen LogP contribution in [0.25, 0.3) is 0 Å². The highest BCUT2D eigenvalue weighted by atomic mass is 32.2. The minimum Gasteiger partial charge on any atom is -0.468 e. The molecule has 17 heavy (non-hydrogen) atoms. The van der Waals surface area contributed by atoms with Gasteiger partial charge in [-0.1, -0.05) is 13.8 Å². The third-order valence-electron chi connectivity index (χ3n) is 3.57. The van der Waals surface area contributed by atoms with E-state index >= 15 is 0 Å². The Morgan fingerprint density at radius 3 is 2.82 bits per heavy atom. The van der Waals surface area contributed by atoms with Crippen molar-refractivity contribution in [3.63, 3.8) is 0 Å². The molecule has 0 aromatic heterocycles. The Hall–Kier alpha value is -0.220. The molecule has 1 N–H and O–H groups in total. The van der Waals surface area contributed by atoms with Crippen LogP contribution in [0.5, 0.6) is 0 Å². The van der Waals surface area contributed by atoms with Crippen LogP contribution in [0.15, 0.2) is 0 Å². The van der Waals surface area contributed by atoms with Crippen LogP contribution in [0, 0.1) is 5.92 Å². The zero-order valence-electron chi connectivity index (χ0n) is 11.4. The van der Waals surface area contributed by atoms with Gasteiger partial charge in [0, 0.05) is 5.25 Å². The first-order valence-corrected chi connectivity index (χ1v) is 7.48. The average Bonchev–Trinajstić information content (AvgIpc) is 2.72. The number of thioether (sulfide) groups is 1. The molecule has 1 fully saturated rings. The topological polar surface area (TPSA) is 38.3 Å². The van der Waals surface area contributed by atoms with Crippen molar-refractivity contribution in [3.8, 4) is 0 Å². The summed E-state index contributed by atoms with van der Waals surface area (Å²) >= 11 is 2.01. The third-order valence-corrected chi connectivity index (χ3v) is 4.92. The summed E-state index contributed by atoms with van der Waals surface area (Å²) in [4.78, 5) is 11.8. The standard InChI is InChI=1S/C13H25NO2S/c1-10(2)6-8-17-11-5-7-13(9-11,14-3)12(15)16-4/h10-11,14H,5-9H2,1-4H3. The second-order valence-electron chi connectivity index (χ2n) is 5.24. The Morgan fingerprint density at radius 1 is 1.59 bits per heavy atom. The fraction of sp³-hybridized carbons (Fsp3) is 0.923. The van der Waals surface area contributed by atoms with E-state index in [1.165, 1.54) is 19.3 Å². The van der Waals surface area contributed by atoms with Gasteiger partial charge in [0.1, 0.15) is 5.54 Å². The molecule has 0 aliphatic heterocycles. The number of hydrogen-bond donors (Lipinski definition) is 1. The van der Waals surface area contributed by atoms with Gasteiger partial charge in [-0.15, -0.1) is 0 Å². The SMILES string of the molecule is CNC1(C(=O)OC)CCC(SCCC(C)C)C1. The highest BCUT2D eigenvalue weighted by Gasteiger charge is 2.45. The summed E-state index contributed by atoms with van der Waals surface area (Å²) in [6.45, 7) is 4.50. The van der Waals surface area contributed by atoms with Gasteiger partial charge in [-0.2, -0.15) is 11.8 Å². The Bertz CT molecular complexity index is 258. The maximum Gasteiger partial charge on any atom is 0.326 e. The minimum atomic E-state index is -0.426. The number of rotatable bonds is 6. The van der Waals surface area contributed by atoms with E-state index in [0.717, 1.165) is 25.2 Å². The second kappa shape index (κ2) is 6.64. The van der Waals surface area contributed by atoms with E-state index in [1.807, 2.05) is 18.8 Å². The molecule has 1 rings (SSSR count). The van der Waals surface area contributed by atoms with Crippen molar-refractivity contribution in [1.29, 1.82) is 0 Å². The lowest BCUT2D eigenvalue weighted by atomic mass is 9.98. The molecule has 0 spiro atoms. The lowest BCUT2D eigenvalue weighted by Gasteiger charge is -2.25. The van der Waals surface area contributed by atoms with Gasteiger partial charge in [0.15, 0.2) is 0 Å². The van der Waals surface area contributed by atoms with Crippen LogP contribution in [-0.4, -0.2) is 36.7 Å². The van der Waals surface area contributed by atoms with E-state index in [2.05, 4.69) is 19.2 Å². The third kappa shape index (κ3) is 3.88. The van der Waals surface area contributed by atoms with Crippen molar-refractivity contribution in [2.45, 2.75) is 50.3 Å². The van der Waals surface area contributed by atoms with E-state index in [4.69, 9.17) is 4.74 Å². The van der Waals surface area contributed by atoms with Crippen molar-refractivity contribution >= 4 is 17.7 Å². The van der Waals surface area contributed by atoms with Crippen molar-refractivity contribution in [2.24, 2.45) is 5.92 Å². The fourth-order valence-corrected chi connectivity index (χ4v) is 3.95. The van der Waals surface area contributed by atoms with Crippen LogP contribution < -0.4 is 5.32 Å². The van der Waals surface area contributed by atoms with Crippen molar-refractivity contribution in [3.05, 3.63) is 0 Å². The summed E-state index contributed by atoms with van der Waals surface area (Å²) in [7, 11) is 3.33. The Balaban J connectivity index is 2.41. The van der Waals surface area contributed by atoms with E-state index < -0.39 is 5.54 Å². The first-order valence-electron chi connectivity index (χ1n) is 6.43. The molecule has 1 aliphatic carbocycles. The Labute approximate surface area is 109 Å². The molecule has 2 atom stereocenters. The van der Waals surface area contributed by atoms with E-state index in [-0.39, 0.29) is 5.97 Å². The molecule has 0 amide bonds. The number of hydrogen-bond acceptors (Lipinski definition) is 4. The monoisotopic (exact) mass is 259 g/mol. The van der Waals surface area contributed by atoms with Gasteiger partial charge in [0.2, 0.25) is 0 Å². The smallest absolute Gasteiger partial charge is 0.326 e. The van der Waals surface area contributed by atoms with Gasteiger partial charge in [-0.05, 0) is 44.4 Å². The summed E-state index contributed by atoms with van der Waals surface area (Å²) in [5, 5.41) is 3.77. The van der Waals surface area contributed by atoms with Gasteiger partial charge < -0.3 is 10.1 Å². The van der Waals surface area contributed by atoms with E-state index in [1.54, 1.807) is 0 Å². The highest BCUT2D eigenvalue weighted by Crippen LogP contribution is 2.38. The molecule has 1 aliphatic rings. The molecular weight excluding hydrogens is 234 g/mol. The largest absolute Gasteiger partial charge is 0.468 e. The molecule has 3 nitrogen and oxygen atoms in total. The van der Waals surface area contributed by atoms with E-state index in [0.29, 0.717) is 5.25 Å². The first-order chi connectivity index (χ1) is 8.04. The van der Waals surface area contributed by atoms with Gasteiger partial charge in [0.05, 0.1) is 7.11 Å². The van der Waals surface area contributed by atoms with Crippen LogP contribution in [0.2, 0.25) is 0 Å². The van der Waals surface area contributed by atoms with Crippen LogP contribution in [0.1, 0.15) is 39.5 Å². The maximum atomic E-state index is 11.8. The molecule has 0 saturated heterocycles. The number of esters is 1. The first kappa shape index (κ1) is 14.8. The van der Waals surface area contributed by atoms with Crippen LogP contribution >= 0.6 is 11.8 Å². The van der Waals surface area contributed by atoms with Gasteiger partial charge in [-0.25, -0.2) is 0 Å². The maximum absolute atomic E-state index is 11.8. The number of nitrogens with one attached hydrogen (secondary N) is 1. The lowest BCUT2D eigenvalue weighted by molar-refractivity contribution is -0.148. The molecule has 0 aromatic carbocycles. The Kier molecular flexibility index (Phi) is 5.80. The van der Waals surface area contributed by atoms with Crippen LogP contribution in [-0.2, 0) is 9.53 Å². The van der Waals surface area contributed by atoms with Crippen molar-refractivity contribution < 1.29 is 9.53 Å². The number of methoxy groups -OCH3 is 1. The number of ether oxygens (including phenoxy) is 1. The minimum absolute atomic E-state index is 0.105. The van der Waals surface area contributed by atoms with Gasteiger partial charge in [-0.3, -0.25) is 4.79 Å². The predicted octanol–water partition coefficient (Wildman–Crippen LogP) is 2.45. The summed E-state index contributed by atoms with van der Waals surface area (Å²) in [6.07, 6.45) is 4.17. The fourth-order valence-electron chi connectivity index (χ4n) is 2.32. The molecule has 4 heteroatoms. The zero-order chi connectivity index (χ0) is 12.9. The van der Waals surface area contributed by atoms with Crippen molar-refractivity contribution in [1.82, 2.24) is 5.32 Å². The van der Waals surface area contributed by atoms with Crippen LogP contribution in [0.3, 0.4) is 0 Å². The van der Waals surface area contributed by atoms with Gasteiger partial charge in [0.25, 0.3) is 0 Å². The van der Waals surface area contributed by atoms with Crippen molar-refractivity contribution in [2.75, 3.05) is 19.9 Å². The average molecular weight is 259 g/mol. The second-order valence-corrected chi connectivity index (χ2v) is 6.65. The summed E-state index contributed by atoms with van der Waals surface area (Å²) in [5.41, 5.74) is -0.426. The molecule has 0 radical (unpaired) electrons. The Morgan fingerprint density at radius 2 is 2.29 bits per heavy atom. The lowest BCUT2D eigenvalue weighted by Crippen LogP contribution is -2.49. The molecule has 100 valence electrons. The predicted molar refractivity (Wildman–Crippen MR) is 73.4 cm³/mol. The summed E-state index contributed by atoms with van der Waals surface area (Å²) < 4.78 is 4.91. The highest BCUT2D eigenvalue weighted by molar-refractivity contribution is 7.99.